The number of aliphatic hydroxyl groups is 1. The summed E-state index contributed by atoms with van der Waals surface area (Å²) in [6, 6.07) is 7.58. The molecule has 4 heteroatoms. The highest BCUT2D eigenvalue weighted by Gasteiger charge is 2.41. The third-order valence-corrected chi connectivity index (χ3v) is 3.57. The number of hydrogen-bond acceptors (Lipinski definition) is 3. The van der Waals surface area contributed by atoms with Crippen molar-refractivity contribution in [3.63, 3.8) is 0 Å². The zero-order valence-corrected chi connectivity index (χ0v) is 10.5. The van der Waals surface area contributed by atoms with Crippen molar-refractivity contribution in [1.82, 2.24) is 5.32 Å². The van der Waals surface area contributed by atoms with E-state index in [1.54, 1.807) is 0 Å². The summed E-state index contributed by atoms with van der Waals surface area (Å²) in [6.07, 6.45) is 3.23. The summed E-state index contributed by atoms with van der Waals surface area (Å²) in [4.78, 5) is 11.7. The average Bonchev–Trinajstić information content (AvgIpc) is 3.16. The van der Waals surface area contributed by atoms with Gasteiger partial charge in [-0.15, -0.1) is 0 Å². The predicted octanol–water partition coefficient (Wildman–Crippen LogP) is 1.09. The molecule has 1 aromatic rings. The molecule has 0 atom stereocenters. The molecular formula is C14H20N2O2. The number of nitrogens with one attached hydrogen (secondary N) is 1. The highest BCUT2D eigenvalue weighted by molar-refractivity contribution is 5.76. The van der Waals surface area contributed by atoms with Crippen LogP contribution in [0.1, 0.15) is 24.8 Å². The number of nitrogen functional groups attached to an aromatic ring is 1. The molecule has 0 spiro atoms. The maximum absolute atomic E-state index is 11.7. The Balaban J connectivity index is 1.70. The lowest BCUT2D eigenvalue weighted by Gasteiger charge is -2.12. The maximum Gasteiger partial charge on any atom is 0.220 e. The monoisotopic (exact) mass is 248 g/mol. The first kappa shape index (κ1) is 12.9. The van der Waals surface area contributed by atoms with E-state index >= 15 is 0 Å². The Morgan fingerprint density at radius 2 is 2.00 bits per heavy atom. The van der Waals surface area contributed by atoms with Gasteiger partial charge in [-0.25, -0.2) is 0 Å². The predicted molar refractivity (Wildman–Crippen MR) is 70.9 cm³/mol. The van der Waals surface area contributed by atoms with Gasteiger partial charge in [0.15, 0.2) is 0 Å². The van der Waals surface area contributed by atoms with Crippen molar-refractivity contribution >= 4 is 11.6 Å². The highest BCUT2D eigenvalue weighted by atomic mass is 16.3. The summed E-state index contributed by atoms with van der Waals surface area (Å²) in [5.74, 6) is 0.0477. The van der Waals surface area contributed by atoms with Crippen LogP contribution in [0.2, 0.25) is 0 Å². The fourth-order valence-electron chi connectivity index (χ4n) is 1.88. The highest BCUT2D eigenvalue weighted by Crippen LogP contribution is 2.44. The minimum absolute atomic E-state index is 0.0170. The van der Waals surface area contributed by atoms with E-state index in [2.05, 4.69) is 5.32 Å². The van der Waals surface area contributed by atoms with Gasteiger partial charge in [-0.05, 0) is 37.0 Å². The Kier molecular flexibility index (Phi) is 3.87. The molecule has 1 aliphatic rings. The molecule has 4 nitrogen and oxygen atoms in total. The van der Waals surface area contributed by atoms with E-state index in [0.29, 0.717) is 13.0 Å². The molecule has 0 bridgehead atoms. The molecule has 1 amide bonds. The molecule has 0 aromatic heterocycles. The topological polar surface area (TPSA) is 75.4 Å². The van der Waals surface area contributed by atoms with Crippen molar-refractivity contribution in [1.29, 1.82) is 0 Å². The van der Waals surface area contributed by atoms with Gasteiger partial charge in [-0.2, -0.15) is 0 Å². The number of aliphatic hydroxyl groups excluding tert-OH is 1. The molecule has 2 rings (SSSR count). The number of aryl methyl sites for hydroxylation is 1. The molecule has 0 saturated heterocycles. The van der Waals surface area contributed by atoms with Gasteiger partial charge in [0.1, 0.15) is 0 Å². The van der Waals surface area contributed by atoms with Gasteiger partial charge in [0.25, 0.3) is 0 Å². The number of rotatable bonds is 6. The molecule has 4 N–H and O–H groups in total. The second-order valence-electron chi connectivity index (χ2n) is 5.18. The van der Waals surface area contributed by atoms with Crippen LogP contribution in [0.15, 0.2) is 24.3 Å². The molecule has 1 fully saturated rings. The van der Waals surface area contributed by atoms with Crippen molar-refractivity contribution < 1.29 is 9.90 Å². The molecule has 0 heterocycles. The summed E-state index contributed by atoms with van der Waals surface area (Å²) < 4.78 is 0. The Morgan fingerprint density at radius 1 is 1.33 bits per heavy atom. The molecule has 98 valence electrons. The number of carbonyl (C=O) groups is 1. The van der Waals surface area contributed by atoms with Crippen LogP contribution < -0.4 is 11.1 Å². The second kappa shape index (κ2) is 5.40. The number of hydrogen-bond donors (Lipinski definition) is 3. The van der Waals surface area contributed by atoms with Crippen LogP contribution in [0.5, 0.6) is 0 Å². The number of benzene rings is 1. The SMILES string of the molecule is Nc1ccc(CCC(=O)NCC2(CO)CC2)cc1. The largest absolute Gasteiger partial charge is 0.399 e. The molecule has 0 unspecified atom stereocenters. The number of anilines is 1. The minimum Gasteiger partial charge on any atom is -0.399 e. The zero-order chi connectivity index (χ0) is 13.0. The maximum atomic E-state index is 11.7. The lowest BCUT2D eigenvalue weighted by Crippen LogP contribution is -2.31. The van der Waals surface area contributed by atoms with Gasteiger partial charge >= 0.3 is 0 Å². The Morgan fingerprint density at radius 3 is 2.56 bits per heavy atom. The van der Waals surface area contributed by atoms with Crippen LogP contribution in [0.25, 0.3) is 0 Å². The van der Waals surface area contributed by atoms with Crippen molar-refractivity contribution in [3.8, 4) is 0 Å². The van der Waals surface area contributed by atoms with Gasteiger partial charge in [-0.1, -0.05) is 12.1 Å². The summed E-state index contributed by atoms with van der Waals surface area (Å²) in [6.45, 7) is 0.773. The van der Waals surface area contributed by atoms with E-state index in [0.717, 1.165) is 30.5 Å². The van der Waals surface area contributed by atoms with Crippen LogP contribution >= 0.6 is 0 Å². The average molecular weight is 248 g/mol. The van der Waals surface area contributed by atoms with E-state index in [9.17, 15) is 4.79 Å². The first-order chi connectivity index (χ1) is 8.63. The fraction of sp³-hybridized carbons (Fsp3) is 0.500. The van der Waals surface area contributed by atoms with E-state index < -0.39 is 0 Å². The van der Waals surface area contributed by atoms with Gasteiger partial charge in [0.2, 0.25) is 5.91 Å². The van der Waals surface area contributed by atoms with Crippen LogP contribution in [-0.2, 0) is 11.2 Å². The minimum atomic E-state index is -0.0170. The second-order valence-corrected chi connectivity index (χ2v) is 5.18. The van der Waals surface area contributed by atoms with Crippen molar-refractivity contribution in [2.24, 2.45) is 5.41 Å². The van der Waals surface area contributed by atoms with Gasteiger partial charge in [-0.3, -0.25) is 4.79 Å². The fourth-order valence-corrected chi connectivity index (χ4v) is 1.88. The van der Waals surface area contributed by atoms with Crippen molar-refractivity contribution in [2.75, 3.05) is 18.9 Å². The van der Waals surface area contributed by atoms with Crippen LogP contribution in [0.3, 0.4) is 0 Å². The number of nitrogens with two attached hydrogens (primary N) is 1. The summed E-state index contributed by atoms with van der Waals surface area (Å²) in [5, 5.41) is 12.0. The lowest BCUT2D eigenvalue weighted by atomic mass is 10.1. The molecule has 0 radical (unpaired) electrons. The van der Waals surface area contributed by atoms with Crippen molar-refractivity contribution in [3.05, 3.63) is 29.8 Å². The standard InChI is InChI=1S/C14H20N2O2/c15-12-4-1-11(2-5-12)3-6-13(18)16-9-14(10-17)7-8-14/h1-2,4-5,17H,3,6-10,15H2,(H,16,18). The van der Waals surface area contributed by atoms with E-state index in [1.807, 2.05) is 24.3 Å². The summed E-state index contributed by atoms with van der Waals surface area (Å²) >= 11 is 0. The van der Waals surface area contributed by atoms with E-state index in [-0.39, 0.29) is 17.9 Å². The zero-order valence-electron chi connectivity index (χ0n) is 10.5. The third kappa shape index (κ3) is 3.47. The third-order valence-electron chi connectivity index (χ3n) is 3.57. The van der Waals surface area contributed by atoms with Gasteiger partial charge in [0.05, 0.1) is 6.61 Å². The molecule has 1 saturated carbocycles. The van der Waals surface area contributed by atoms with Crippen molar-refractivity contribution in [2.45, 2.75) is 25.7 Å². The van der Waals surface area contributed by atoms with Gasteiger partial charge < -0.3 is 16.2 Å². The summed E-state index contributed by atoms with van der Waals surface area (Å²) in [5.41, 5.74) is 7.43. The number of amides is 1. The first-order valence-corrected chi connectivity index (χ1v) is 6.36. The molecule has 1 aliphatic carbocycles. The Bertz CT molecular complexity index is 410. The molecule has 18 heavy (non-hydrogen) atoms. The molecule has 1 aromatic carbocycles. The van der Waals surface area contributed by atoms with Gasteiger partial charge in [0, 0.05) is 24.1 Å². The normalized spacial score (nSPS) is 16.3. The van der Waals surface area contributed by atoms with Crippen LogP contribution in [-0.4, -0.2) is 24.2 Å². The van der Waals surface area contributed by atoms with Crippen LogP contribution in [0.4, 0.5) is 5.69 Å². The quantitative estimate of drug-likeness (QED) is 0.660. The van der Waals surface area contributed by atoms with E-state index in [4.69, 9.17) is 10.8 Å². The molecule has 0 aliphatic heterocycles. The lowest BCUT2D eigenvalue weighted by molar-refractivity contribution is -0.121. The Hall–Kier alpha value is -1.55. The Labute approximate surface area is 107 Å². The number of carbonyl (C=O) groups excluding carboxylic acids is 1. The molecular weight excluding hydrogens is 228 g/mol. The van der Waals surface area contributed by atoms with E-state index in [1.165, 1.54) is 0 Å². The smallest absolute Gasteiger partial charge is 0.220 e. The summed E-state index contributed by atoms with van der Waals surface area (Å²) in [7, 11) is 0. The van der Waals surface area contributed by atoms with Crippen LogP contribution in [0, 0.1) is 5.41 Å². The first-order valence-electron chi connectivity index (χ1n) is 6.36.